The molecule has 1 atom stereocenters. The average Bonchev–Trinajstić information content (AvgIpc) is 2.28. The van der Waals surface area contributed by atoms with Gasteiger partial charge in [0, 0.05) is 18.2 Å². The summed E-state index contributed by atoms with van der Waals surface area (Å²) in [5.41, 5.74) is -0.0884. The van der Waals surface area contributed by atoms with Crippen LogP contribution in [-0.4, -0.2) is 23.1 Å². The first-order valence-electron chi connectivity index (χ1n) is 4.67. The Kier molecular flexibility index (Phi) is 3.82. The number of hydrogen-bond donors (Lipinski definition) is 1. The molecule has 0 aliphatic carbocycles. The highest BCUT2D eigenvalue weighted by Crippen LogP contribution is 2.25. The van der Waals surface area contributed by atoms with Crippen LogP contribution in [0.5, 0.6) is 5.88 Å². The Balaban J connectivity index is 3.09. The number of nitrogens with zero attached hydrogens (tertiary/aromatic N) is 2. The molecule has 0 amide bonds. The van der Waals surface area contributed by atoms with Crippen molar-refractivity contribution in [3.8, 4) is 5.88 Å². The number of aromatic nitrogens is 1. The van der Waals surface area contributed by atoms with Gasteiger partial charge in [-0.25, -0.2) is 0 Å². The first-order valence-corrected chi connectivity index (χ1v) is 4.67. The summed E-state index contributed by atoms with van der Waals surface area (Å²) < 4.78 is 4.91. The molecule has 1 N–H and O–H groups in total. The van der Waals surface area contributed by atoms with Crippen LogP contribution in [-0.2, 0) is 0 Å². The quantitative estimate of drug-likeness (QED) is 0.469. The molecule has 1 aromatic rings. The van der Waals surface area contributed by atoms with E-state index in [2.05, 4.69) is 16.9 Å². The van der Waals surface area contributed by atoms with Gasteiger partial charge in [-0.15, -0.1) is 6.58 Å². The summed E-state index contributed by atoms with van der Waals surface area (Å²) >= 11 is 0. The van der Waals surface area contributed by atoms with Gasteiger partial charge in [0.2, 0.25) is 11.7 Å². The minimum Gasteiger partial charge on any atom is -0.481 e. The molecule has 0 spiro atoms. The number of anilines is 1. The summed E-state index contributed by atoms with van der Waals surface area (Å²) in [6, 6.07) is 2.68. The van der Waals surface area contributed by atoms with E-state index >= 15 is 0 Å². The molecule has 0 radical (unpaired) electrons. The molecule has 1 heterocycles. The molecular weight excluding hydrogens is 210 g/mol. The van der Waals surface area contributed by atoms with Gasteiger partial charge >= 0.3 is 5.69 Å². The fourth-order valence-corrected chi connectivity index (χ4v) is 1.08. The Bertz CT molecular complexity index is 406. The smallest absolute Gasteiger partial charge is 0.311 e. The largest absolute Gasteiger partial charge is 0.481 e. The van der Waals surface area contributed by atoms with Crippen LogP contribution in [0.4, 0.5) is 11.5 Å². The Morgan fingerprint density at radius 3 is 2.88 bits per heavy atom. The minimum absolute atomic E-state index is 0.0884. The Hall–Kier alpha value is -2.11. The maximum Gasteiger partial charge on any atom is 0.311 e. The van der Waals surface area contributed by atoms with Gasteiger partial charge in [0.15, 0.2) is 0 Å². The standard InChI is InChI=1S/C10H13N3O3/c1-4-7(2)11-10-8(13(14)15)5-6-9(12-10)16-3/h4-7H,1H2,2-3H3,(H,11,12). The van der Waals surface area contributed by atoms with Crippen molar-refractivity contribution in [2.75, 3.05) is 12.4 Å². The molecule has 0 fully saturated rings. The lowest BCUT2D eigenvalue weighted by Crippen LogP contribution is -2.14. The third-order valence-electron chi connectivity index (χ3n) is 1.97. The zero-order chi connectivity index (χ0) is 12.1. The first kappa shape index (κ1) is 12.0. The molecule has 1 aromatic heterocycles. The SMILES string of the molecule is C=CC(C)Nc1nc(OC)ccc1[N+](=O)[O-]. The van der Waals surface area contributed by atoms with E-state index in [-0.39, 0.29) is 17.5 Å². The summed E-state index contributed by atoms with van der Waals surface area (Å²) in [7, 11) is 1.45. The number of rotatable bonds is 5. The first-order chi connectivity index (χ1) is 7.58. The van der Waals surface area contributed by atoms with Crippen molar-refractivity contribution in [3.63, 3.8) is 0 Å². The van der Waals surface area contributed by atoms with Crippen LogP contribution in [0.25, 0.3) is 0 Å². The zero-order valence-electron chi connectivity index (χ0n) is 9.14. The molecule has 0 saturated carbocycles. The average molecular weight is 223 g/mol. The van der Waals surface area contributed by atoms with E-state index in [9.17, 15) is 10.1 Å². The number of pyridine rings is 1. The van der Waals surface area contributed by atoms with Gasteiger partial charge in [0.1, 0.15) is 0 Å². The molecule has 1 rings (SSSR count). The number of nitro groups is 1. The highest BCUT2D eigenvalue weighted by molar-refractivity contribution is 5.57. The number of ether oxygens (including phenoxy) is 1. The lowest BCUT2D eigenvalue weighted by atomic mass is 10.3. The van der Waals surface area contributed by atoms with Gasteiger partial charge in [-0.2, -0.15) is 4.98 Å². The summed E-state index contributed by atoms with van der Waals surface area (Å²) in [5, 5.41) is 13.6. The van der Waals surface area contributed by atoms with Gasteiger partial charge in [-0.1, -0.05) is 6.08 Å². The van der Waals surface area contributed by atoms with Crippen molar-refractivity contribution in [3.05, 3.63) is 34.9 Å². The molecule has 0 aromatic carbocycles. The predicted octanol–water partition coefficient (Wildman–Crippen LogP) is 1.98. The lowest BCUT2D eigenvalue weighted by Gasteiger charge is -2.10. The molecule has 0 aliphatic rings. The van der Waals surface area contributed by atoms with Crippen molar-refractivity contribution in [2.24, 2.45) is 0 Å². The predicted molar refractivity (Wildman–Crippen MR) is 60.7 cm³/mol. The van der Waals surface area contributed by atoms with Crippen LogP contribution >= 0.6 is 0 Å². The topological polar surface area (TPSA) is 77.3 Å². The van der Waals surface area contributed by atoms with Gasteiger partial charge < -0.3 is 10.1 Å². The van der Waals surface area contributed by atoms with E-state index in [1.165, 1.54) is 19.2 Å². The number of hydrogen-bond acceptors (Lipinski definition) is 5. The van der Waals surface area contributed by atoms with Gasteiger partial charge in [-0.05, 0) is 6.92 Å². The second kappa shape index (κ2) is 5.11. The maximum absolute atomic E-state index is 10.8. The Morgan fingerprint density at radius 2 is 2.38 bits per heavy atom. The molecule has 0 bridgehead atoms. The molecule has 86 valence electrons. The normalized spacial score (nSPS) is 11.6. The Morgan fingerprint density at radius 1 is 1.69 bits per heavy atom. The fraction of sp³-hybridized carbons (Fsp3) is 0.300. The monoisotopic (exact) mass is 223 g/mol. The van der Waals surface area contributed by atoms with Crippen LogP contribution in [0.2, 0.25) is 0 Å². The molecular formula is C10H13N3O3. The van der Waals surface area contributed by atoms with Gasteiger partial charge in [0.25, 0.3) is 0 Å². The molecule has 1 unspecified atom stereocenters. The van der Waals surface area contributed by atoms with E-state index in [0.717, 1.165) is 0 Å². The third kappa shape index (κ3) is 2.69. The lowest BCUT2D eigenvalue weighted by molar-refractivity contribution is -0.384. The van der Waals surface area contributed by atoms with Crippen LogP contribution in [0, 0.1) is 10.1 Å². The second-order valence-electron chi connectivity index (χ2n) is 3.15. The zero-order valence-corrected chi connectivity index (χ0v) is 9.14. The second-order valence-corrected chi connectivity index (χ2v) is 3.15. The van der Waals surface area contributed by atoms with Crippen molar-refractivity contribution in [1.29, 1.82) is 0 Å². The summed E-state index contributed by atoms with van der Waals surface area (Å²) in [4.78, 5) is 14.2. The minimum atomic E-state index is -0.495. The molecule has 0 aliphatic heterocycles. The summed E-state index contributed by atoms with van der Waals surface area (Å²) in [6.45, 7) is 5.40. The highest BCUT2D eigenvalue weighted by atomic mass is 16.6. The summed E-state index contributed by atoms with van der Waals surface area (Å²) in [5.74, 6) is 0.501. The summed E-state index contributed by atoms with van der Waals surface area (Å²) in [6.07, 6.45) is 1.63. The number of nitrogens with one attached hydrogen (secondary N) is 1. The molecule has 6 heteroatoms. The van der Waals surface area contributed by atoms with Crippen LogP contribution in [0.1, 0.15) is 6.92 Å². The van der Waals surface area contributed by atoms with Crippen molar-refractivity contribution in [2.45, 2.75) is 13.0 Å². The highest BCUT2D eigenvalue weighted by Gasteiger charge is 2.17. The van der Waals surface area contributed by atoms with E-state index in [4.69, 9.17) is 4.74 Å². The van der Waals surface area contributed by atoms with E-state index in [0.29, 0.717) is 5.88 Å². The van der Waals surface area contributed by atoms with E-state index in [1.807, 2.05) is 6.92 Å². The van der Waals surface area contributed by atoms with Crippen LogP contribution in [0.3, 0.4) is 0 Å². The van der Waals surface area contributed by atoms with Gasteiger partial charge in [-0.3, -0.25) is 10.1 Å². The maximum atomic E-state index is 10.8. The molecule has 0 saturated heterocycles. The van der Waals surface area contributed by atoms with E-state index in [1.54, 1.807) is 6.08 Å². The van der Waals surface area contributed by atoms with Gasteiger partial charge in [0.05, 0.1) is 12.0 Å². The van der Waals surface area contributed by atoms with Crippen LogP contribution < -0.4 is 10.1 Å². The van der Waals surface area contributed by atoms with E-state index < -0.39 is 4.92 Å². The van der Waals surface area contributed by atoms with Crippen LogP contribution in [0.15, 0.2) is 24.8 Å². The molecule has 16 heavy (non-hydrogen) atoms. The third-order valence-corrected chi connectivity index (χ3v) is 1.97. The van der Waals surface area contributed by atoms with Crippen molar-refractivity contribution < 1.29 is 9.66 Å². The van der Waals surface area contributed by atoms with Crippen molar-refractivity contribution in [1.82, 2.24) is 4.98 Å². The molecule has 6 nitrogen and oxygen atoms in total. The fourth-order valence-electron chi connectivity index (χ4n) is 1.08. The van der Waals surface area contributed by atoms with Crippen molar-refractivity contribution >= 4 is 11.5 Å². The number of methoxy groups -OCH3 is 1. The Labute approximate surface area is 93.1 Å².